The van der Waals surface area contributed by atoms with Gasteiger partial charge in [-0.2, -0.15) is 11.6 Å². The van der Waals surface area contributed by atoms with Crippen molar-refractivity contribution in [1.29, 1.82) is 0 Å². The molecule has 0 radical (unpaired) electrons. The Bertz CT molecular complexity index is 1800. The summed E-state index contributed by atoms with van der Waals surface area (Å²) in [5.41, 5.74) is 5.18. The first-order valence-electron chi connectivity index (χ1n) is 20.3. The van der Waals surface area contributed by atoms with Crippen molar-refractivity contribution >= 4 is 3.21 Å². The Labute approximate surface area is 358 Å². The minimum absolute atomic E-state index is 0. The van der Waals surface area contributed by atoms with Crippen LogP contribution in [-0.2, 0) is 24.2 Å². The zero-order valence-electron chi connectivity index (χ0n) is 35.1. The molecule has 0 aliphatic heterocycles. The normalized spacial score (nSPS) is 41.1. The third kappa shape index (κ3) is 6.17. The molecule has 1 aromatic carbocycles. The first-order valence-corrected chi connectivity index (χ1v) is 21.6. The summed E-state index contributed by atoms with van der Waals surface area (Å²) in [5.74, 6) is 1.01. The van der Waals surface area contributed by atoms with E-state index in [9.17, 15) is 0 Å². The molecule has 7 aliphatic carbocycles. The first-order chi connectivity index (χ1) is 24.4. The van der Waals surface area contributed by atoms with Gasteiger partial charge in [-0.15, -0.1) is 17.4 Å². The number of rotatable bonds is 3. The van der Waals surface area contributed by atoms with E-state index < -0.39 is 0 Å². The van der Waals surface area contributed by atoms with Gasteiger partial charge in [0, 0.05) is 10.8 Å². The van der Waals surface area contributed by atoms with Gasteiger partial charge in [0.25, 0.3) is 0 Å². The minimum atomic E-state index is 0. The molecule has 7 aliphatic rings. The Balaban J connectivity index is 0.000000215. The smallest absolute Gasteiger partial charge is 1.00 e. The molecule has 1 aromatic rings. The molecule has 0 saturated heterocycles. The predicted octanol–water partition coefficient (Wildman–Crippen LogP) is 7.71. The van der Waals surface area contributed by atoms with Crippen LogP contribution in [0.25, 0.3) is 0 Å². The first kappa shape index (κ1) is 45.2. The van der Waals surface area contributed by atoms with E-state index in [0.29, 0.717) is 17.3 Å². The number of hydrogen-bond donors (Lipinski definition) is 0. The van der Waals surface area contributed by atoms with Crippen LogP contribution in [0.5, 0.6) is 0 Å². The summed E-state index contributed by atoms with van der Waals surface area (Å²) < 4.78 is 1.55. The Morgan fingerprint density at radius 3 is 1.83 bits per heavy atom. The number of benzene rings is 1. The van der Waals surface area contributed by atoms with Crippen LogP contribution in [-0.4, -0.2) is 3.21 Å². The van der Waals surface area contributed by atoms with Crippen molar-refractivity contribution in [3.8, 4) is 0 Å². The molecular formula is C51H66Cl2Zr-2. The van der Waals surface area contributed by atoms with Gasteiger partial charge >= 0.3 is 76.7 Å². The standard InChI is InChI=1S/C29H37.C13H19.C9H10.2ClH.Zr/c1-21-14-13-15-22-20-27(6)25(4)18-10-9-16-23(25,2)24(3)17-11-12-19-26(24,5)29(27,8)28(21,22)7;1-11-6-7-12(10-11)13(2)8-4-3-5-9-13;1-2-6-9-7-4-3-5-8-9;;;/h9-20,22H,1-8H3;7,10-11H,3-5,8-9H2,1-2H3;3-5,7-8H,2H2,1H3;2*1H;/q2*-1;;;;+2/p-2. The zero-order chi connectivity index (χ0) is 37.8. The van der Waals surface area contributed by atoms with Crippen molar-refractivity contribution in [3.05, 3.63) is 139 Å². The van der Waals surface area contributed by atoms with E-state index in [2.05, 4.69) is 198 Å². The quantitative estimate of drug-likeness (QED) is 0.274. The molecule has 0 bridgehead atoms. The molecule has 0 N–H and O–H groups in total. The number of halogens is 2. The molecule has 8 rings (SSSR count). The van der Waals surface area contributed by atoms with Crippen molar-refractivity contribution < 1.29 is 49.0 Å². The fourth-order valence-electron chi connectivity index (χ4n) is 12.7. The van der Waals surface area contributed by atoms with Gasteiger partial charge in [0.05, 0.1) is 0 Å². The molecule has 54 heavy (non-hydrogen) atoms. The molecule has 3 fully saturated rings. The zero-order valence-corrected chi connectivity index (χ0v) is 39.1. The SMILES string of the molecule is CC1=CC=CC2[CH-]C3(C)C4(C)C=CC=CC4(C)C4(C)C=CC=CC4(C)C3(C)C12C.CC1[C-]=CC(C2(C)CCCCC2)=C1.CC[C](=[Zr+2])c1ccccc1.[Cl-].[Cl-]. The molecule has 9 unspecified atom stereocenters. The summed E-state index contributed by atoms with van der Waals surface area (Å²) in [7, 11) is 0. The van der Waals surface area contributed by atoms with E-state index in [4.69, 9.17) is 0 Å². The summed E-state index contributed by atoms with van der Waals surface area (Å²) >= 11 is 1.54. The van der Waals surface area contributed by atoms with Crippen LogP contribution in [0.3, 0.4) is 0 Å². The second kappa shape index (κ2) is 16.0. The van der Waals surface area contributed by atoms with Crippen LogP contribution in [0, 0.1) is 67.7 Å². The minimum Gasteiger partial charge on any atom is -1.00 e. The molecular weight excluding hydrogens is 775 g/mol. The summed E-state index contributed by atoms with van der Waals surface area (Å²) in [6.07, 6.45) is 45.5. The molecule has 0 heterocycles. The molecule has 0 amide bonds. The van der Waals surface area contributed by atoms with Crippen molar-refractivity contribution in [1.82, 2.24) is 0 Å². The Morgan fingerprint density at radius 1 is 0.759 bits per heavy atom. The van der Waals surface area contributed by atoms with Crippen LogP contribution in [0.2, 0.25) is 0 Å². The van der Waals surface area contributed by atoms with Crippen molar-refractivity contribution in [2.24, 2.45) is 55.2 Å². The van der Waals surface area contributed by atoms with Gasteiger partial charge < -0.3 is 31.2 Å². The van der Waals surface area contributed by atoms with Crippen molar-refractivity contribution in [3.63, 3.8) is 0 Å². The van der Waals surface area contributed by atoms with Gasteiger partial charge in [-0.25, -0.2) is 6.08 Å². The van der Waals surface area contributed by atoms with Gasteiger partial charge in [-0.1, -0.05) is 172 Å². The van der Waals surface area contributed by atoms with Crippen LogP contribution in [0.1, 0.15) is 120 Å². The van der Waals surface area contributed by atoms with E-state index in [0.717, 1.165) is 0 Å². The molecule has 3 heteroatoms. The number of fused-ring (bicyclic) bond motifs is 8. The summed E-state index contributed by atoms with van der Waals surface area (Å²) in [6.45, 7) is 27.1. The second-order valence-corrected chi connectivity index (χ2v) is 20.2. The van der Waals surface area contributed by atoms with Crippen LogP contribution >= 0.6 is 0 Å². The van der Waals surface area contributed by atoms with E-state index in [1.807, 2.05) is 0 Å². The average molecular weight is 841 g/mol. The largest absolute Gasteiger partial charge is 1.00 e. The maximum absolute atomic E-state index is 3.37. The van der Waals surface area contributed by atoms with Gasteiger partial charge in [0.1, 0.15) is 0 Å². The molecule has 290 valence electrons. The maximum Gasteiger partial charge on any atom is -1.00 e. The van der Waals surface area contributed by atoms with Crippen molar-refractivity contribution in [2.75, 3.05) is 0 Å². The van der Waals surface area contributed by atoms with Crippen LogP contribution < -0.4 is 24.8 Å². The fourth-order valence-corrected chi connectivity index (χ4v) is 13.1. The molecule has 9 atom stereocenters. The maximum atomic E-state index is 3.37. The molecule has 0 spiro atoms. The van der Waals surface area contributed by atoms with E-state index in [1.165, 1.54) is 73.9 Å². The number of hydrogen-bond acceptors (Lipinski definition) is 0. The third-order valence-electron chi connectivity index (χ3n) is 17.1. The number of allylic oxidation sites excluding steroid dienone is 16. The summed E-state index contributed by atoms with van der Waals surface area (Å²) in [6, 6.07) is 10.6. The van der Waals surface area contributed by atoms with Crippen LogP contribution in [0.4, 0.5) is 0 Å². The Morgan fingerprint density at radius 2 is 1.30 bits per heavy atom. The average Bonchev–Trinajstić information content (AvgIpc) is 3.67. The third-order valence-corrected chi connectivity index (χ3v) is 18.7. The summed E-state index contributed by atoms with van der Waals surface area (Å²) in [5, 5.41) is 0. The molecule has 3 saturated carbocycles. The van der Waals surface area contributed by atoms with Crippen molar-refractivity contribution in [2.45, 2.75) is 115 Å². The summed E-state index contributed by atoms with van der Waals surface area (Å²) in [4.78, 5) is 0. The Hall–Kier alpha value is -1.53. The van der Waals surface area contributed by atoms with Gasteiger partial charge in [0.15, 0.2) is 0 Å². The van der Waals surface area contributed by atoms with E-state index in [1.54, 1.807) is 8.78 Å². The fraction of sp³-hybridized carbons (Fsp3) is 0.529. The van der Waals surface area contributed by atoms with Crippen LogP contribution in [0.15, 0.2) is 120 Å². The van der Waals surface area contributed by atoms with E-state index >= 15 is 0 Å². The monoisotopic (exact) mass is 838 g/mol. The topological polar surface area (TPSA) is 0 Å². The van der Waals surface area contributed by atoms with Gasteiger partial charge in [0.2, 0.25) is 0 Å². The molecule has 0 nitrogen and oxygen atoms in total. The van der Waals surface area contributed by atoms with E-state index in [-0.39, 0.29) is 62.7 Å². The Kier molecular flexibility index (Phi) is 13.4. The second-order valence-electron chi connectivity index (χ2n) is 18.7. The predicted molar refractivity (Wildman–Crippen MR) is 221 cm³/mol. The van der Waals surface area contributed by atoms with Gasteiger partial charge in [-0.05, 0) is 28.6 Å². The van der Waals surface area contributed by atoms with Gasteiger partial charge in [-0.3, -0.25) is 6.08 Å². The molecule has 0 aromatic heterocycles.